The third kappa shape index (κ3) is 3.93. The number of fused-ring (bicyclic) bond motifs is 1. The summed E-state index contributed by atoms with van der Waals surface area (Å²) in [7, 11) is 0. The molecule has 1 fully saturated rings. The molecule has 0 spiro atoms. The molecule has 27 heavy (non-hydrogen) atoms. The summed E-state index contributed by atoms with van der Waals surface area (Å²) in [5.74, 6) is 0.852. The van der Waals surface area contributed by atoms with Crippen LogP contribution in [0.15, 0.2) is 47.1 Å². The van der Waals surface area contributed by atoms with E-state index in [2.05, 4.69) is 20.2 Å². The fraction of sp³-hybridized carbons (Fsp3) is 0.400. The van der Waals surface area contributed by atoms with Gasteiger partial charge >= 0.3 is 0 Å². The molecule has 1 aromatic carbocycles. The minimum atomic E-state index is -2.71. The van der Waals surface area contributed by atoms with Crippen LogP contribution in [-0.4, -0.2) is 34.5 Å². The van der Waals surface area contributed by atoms with E-state index in [1.54, 1.807) is 18.4 Å². The lowest BCUT2D eigenvalue weighted by molar-refractivity contribution is 0.141. The summed E-state index contributed by atoms with van der Waals surface area (Å²) in [5, 5.41) is 4.02. The van der Waals surface area contributed by atoms with Gasteiger partial charge in [0.25, 0.3) is 6.43 Å². The van der Waals surface area contributed by atoms with Crippen LogP contribution in [0.25, 0.3) is 10.9 Å². The Bertz CT molecular complexity index is 879. The molecule has 0 radical (unpaired) electrons. The van der Waals surface area contributed by atoms with Gasteiger partial charge in [-0.1, -0.05) is 18.6 Å². The zero-order valence-corrected chi connectivity index (χ0v) is 14.9. The third-order valence-corrected chi connectivity index (χ3v) is 4.98. The first-order valence-corrected chi connectivity index (χ1v) is 9.28. The number of piperidine rings is 1. The molecule has 3 heterocycles. The molecule has 0 aliphatic carbocycles. The highest BCUT2D eigenvalue weighted by molar-refractivity contribution is 5.89. The summed E-state index contributed by atoms with van der Waals surface area (Å²) in [6.45, 7) is 2.52. The Morgan fingerprint density at radius 2 is 1.85 bits per heavy atom. The molecule has 4 rings (SSSR count). The molecule has 7 heteroatoms. The molecule has 5 nitrogen and oxygen atoms in total. The maximum atomic E-state index is 13.2. The highest BCUT2D eigenvalue weighted by atomic mass is 19.3. The Kier molecular flexibility index (Phi) is 5.29. The normalized spacial score (nSPS) is 16.7. The molecule has 0 bridgehead atoms. The number of nitrogens with zero attached hydrogens (tertiary/aromatic N) is 3. The number of hydrogen-bond acceptors (Lipinski definition) is 5. The fourth-order valence-corrected chi connectivity index (χ4v) is 3.64. The predicted octanol–water partition coefficient (Wildman–Crippen LogP) is 4.80. The van der Waals surface area contributed by atoms with Gasteiger partial charge in [-0.3, -0.25) is 4.90 Å². The number of hydrogen-bond donors (Lipinski definition) is 1. The SMILES string of the molecule is FC(F)c1nc(NCC(c2ccco2)N2CCCCC2)c2ccccc2n1. The summed E-state index contributed by atoms with van der Waals surface area (Å²) in [5.41, 5.74) is 0.512. The number of para-hydroxylation sites is 1. The second-order valence-corrected chi connectivity index (χ2v) is 6.76. The van der Waals surface area contributed by atoms with Crippen LogP contribution in [0.3, 0.4) is 0 Å². The van der Waals surface area contributed by atoms with Crippen LogP contribution < -0.4 is 5.32 Å². The smallest absolute Gasteiger partial charge is 0.297 e. The zero-order chi connectivity index (χ0) is 18.6. The van der Waals surface area contributed by atoms with Gasteiger partial charge in [-0.15, -0.1) is 0 Å². The minimum absolute atomic E-state index is 0.0315. The van der Waals surface area contributed by atoms with E-state index < -0.39 is 12.2 Å². The van der Waals surface area contributed by atoms with Crippen molar-refractivity contribution in [3.05, 3.63) is 54.2 Å². The Morgan fingerprint density at radius 1 is 1.04 bits per heavy atom. The van der Waals surface area contributed by atoms with Crippen LogP contribution in [0, 0.1) is 0 Å². The Morgan fingerprint density at radius 3 is 2.59 bits per heavy atom. The van der Waals surface area contributed by atoms with E-state index in [1.165, 1.54) is 6.42 Å². The van der Waals surface area contributed by atoms with Crippen LogP contribution in [0.5, 0.6) is 0 Å². The summed E-state index contributed by atoms with van der Waals surface area (Å²) >= 11 is 0. The van der Waals surface area contributed by atoms with Crippen molar-refractivity contribution in [1.82, 2.24) is 14.9 Å². The van der Waals surface area contributed by atoms with Gasteiger partial charge in [0.15, 0.2) is 5.82 Å². The van der Waals surface area contributed by atoms with Gasteiger partial charge in [0.05, 0.1) is 17.8 Å². The first kappa shape index (κ1) is 17.9. The van der Waals surface area contributed by atoms with Gasteiger partial charge in [-0.2, -0.15) is 0 Å². The largest absolute Gasteiger partial charge is 0.468 e. The first-order chi connectivity index (χ1) is 13.2. The van der Waals surface area contributed by atoms with Gasteiger partial charge in [0.1, 0.15) is 11.6 Å². The van der Waals surface area contributed by atoms with Gasteiger partial charge in [0, 0.05) is 11.9 Å². The number of halogens is 2. The van der Waals surface area contributed by atoms with Gasteiger partial charge in [-0.25, -0.2) is 18.7 Å². The summed E-state index contributed by atoms with van der Waals surface area (Å²) in [6.07, 6.45) is 2.51. The first-order valence-electron chi connectivity index (χ1n) is 9.28. The molecule has 1 N–H and O–H groups in total. The average Bonchev–Trinajstić information content (AvgIpc) is 3.23. The van der Waals surface area contributed by atoms with Crippen LogP contribution in [0.2, 0.25) is 0 Å². The van der Waals surface area contributed by atoms with Gasteiger partial charge in [-0.05, 0) is 50.2 Å². The molecule has 1 atom stereocenters. The van der Waals surface area contributed by atoms with E-state index in [0.717, 1.165) is 37.1 Å². The quantitative estimate of drug-likeness (QED) is 0.674. The Balaban J connectivity index is 1.62. The molecule has 142 valence electrons. The van der Waals surface area contributed by atoms with Crippen LogP contribution >= 0.6 is 0 Å². The molecular formula is C20H22F2N4O. The maximum absolute atomic E-state index is 13.2. The second-order valence-electron chi connectivity index (χ2n) is 6.76. The van der Waals surface area contributed by atoms with Crippen molar-refractivity contribution < 1.29 is 13.2 Å². The van der Waals surface area contributed by atoms with E-state index in [-0.39, 0.29) is 6.04 Å². The lowest BCUT2D eigenvalue weighted by atomic mass is 10.1. The van der Waals surface area contributed by atoms with Crippen LogP contribution in [0.1, 0.15) is 43.3 Å². The summed E-state index contributed by atoms with van der Waals surface area (Å²) < 4.78 is 32.1. The molecule has 3 aromatic rings. The fourth-order valence-electron chi connectivity index (χ4n) is 3.64. The van der Waals surface area contributed by atoms with Crippen molar-refractivity contribution in [2.45, 2.75) is 31.7 Å². The van der Waals surface area contributed by atoms with Crippen LogP contribution in [0.4, 0.5) is 14.6 Å². The van der Waals surface area contributed by atoms with E-state index in [1.807, 2.05) is 24.3 Å². The van der Waals surface area contributed by atoms with E-state index in [9.17, 15) is 8.78 Å². The zero-order valence-electron chi connectivity index (χ0n) is 14.9. The van der Waals surface area contributed by atoms with Crippen molar-refractivity contribution >= 4 is 16.7 Å². The molecular weight excluding hydrogens is 350 g/mol. The molecule has 2 aromatic heterocycles. The van der Waals surface area contributed by atoms with Gasteiger partial charge < -0.3 is 9.73 Å². The number of furan rings is 1. The maximum Gasteiger partial charge on any atom is 0.297 e. The van der Waals surface area contributed by atoms with E-state index in [0.29, 0.717) is 17.9 Å². The van der Waals surface area contributed by atoms with Crippen molar-refractivity contribution in [1.29, 1.82) is 0 Å². The summed E-state index contributed by atoms with van der Waals surface area (Å²) in [6, 6.07) is 11.1. The summed E-state index contributed by atoms with van der Waals surface area (Å²) in [4.78, 5) is 10.4. The van der Waals surface area contributed by atoms with Gasteiger partial charge in [0.2, 0.25) is 0 Å². The highest BCUT2D eigenvalue weighted by Gasteiger charge is 2.25. The van der Waals surface area contributed by atoms with E-state index >= 15 is 0 Å². The lowest BCUT2D eigenvalue weighted by Gasteiger charge is -2.33. The number of alkyl halides is 2. The lowest BCUT2D eigenvalue weighted by Crippen LogP contribution is -2.37. The minimum Gasteiger partial charge on any atom is -0.468 e. The molecule has 0 saturated carbocycles. The molecule has 1 aliphatic rings. The third-order valence-electron chi connectivity index (χ3n) is 4.98. The number of anilines is 1. The van der Waals surface area contributed by atoms with Crippen molar-refractivity contribution in [2.24, 2.45) is 0 Å². The van der Waals surface area contributed by atoms with E-state index in [4.69, 9.17) is 4.42 Å². The molecule has 0 amide bonds. The number of aromatic nitrogens is 2. The second kappa shape index (κ2) is 8.00. The van der Waals surface area contributed by atoms with Crippen LogP contribution in [-0.2, 0) is 0 Å². The Hall–Kier alpha value is -2.54. The van der Waals surface area contributed by atoms with Crippen molar-refractivity contribution in [3.63, 3.8) is 0 Å². The number of nitrogens with one attached hydrogen (secondary N) is 1. The number of benzene rings is 1. The number of likely N-dealkylation sites (tertiary alicyclic amines) is 1. The predicted molar refractivity (Wildman–Crippen MR) is 99.9 cm³/mol. The van der Waals surface area contributed by atoms with Crippen molar-refractivity contribution in [3.8, 4) is 0 Å². The standard InChI is InChI=1S/C20H22F2N4O/c21-18(22)20-24-15-8-3-2-7-14(15)19(25-20)23-13-16(17-9-6-12-27-17)26-10-4-1-5-11-26/h2-3,6-9,12,16,18H,1,4-5,10-11,13H2,(H,23,24,25). The molecule has 1 saturated heterocycles. The molecule has 1 aliphatic heterocycles. The highest BCUT2D eigenvalue weighted by Crippen LogP contribution is 2.28. The Labute approximate surface area is 156 Å². The van der Waals surface area contributed by atoms with Crippen molar-refractivity contribution in [2.75, 3.05) is 25.0 Å². The number of rotatable bonds is 6. The average molecular weight is 372 g/mol. The topological polar surface area (TPSA) is 54.2 Å². The molecule has 1 unspecified atom stereocenters. The monoisotopic (exact) mass is 372 g/mol.